The summed E-state index contributed by atoms with van der Waals surface area (Å²) in [4.78, 5) is 35.6. The lowest BCUT2D eigenvalue weighted by atomic mass is 10.0. The summed E-state index contributed by atoms with van der Waals surface area (Å²) in [5.41, 5.74) is 0. The van der Waals surface area contributed by atoms with Gasteiger partial charge < -0.3 is 18.9 Å². The molecule has 1 N–H and O–H groups in total. The van der Waals surface area contributed by atoms with Gasteiger partial charge in [-0.3, -0.25) is 18.6 Å². The summed E-state index contributed by atoms with van der Waals surface area (Å²) in [5, 5.41) is 0. The van der Waals surface area contributed by atoms with Crippen LogP contribution in [0.5, 0.6) is 0 Å². The van der Waals surface area contributed by atoms with Gasteiger partial charge in [0.1, 0.15) is 19.8 Å². The van der Waals surface area contributed by atoms with E-state index in [9.17, 15) is 19.0 Å². The van der Waals surface area contributed by atoms with Gasteiger partial charge in [-0.15, -0.1) is 0 Å². The third-order valence-electron chi connectivity index (χ3n) is 11.7. The van der Waals surface area contributed by atoms with E-state index >= 15 is 0 Å². The number of hydrogen-bond donors (Lipinski definition) is 1. The third-order valence-corrected chi connectivity index (χ3v) is 12.7. The molecular weight excluding hydrogens is 870 g/mol. The quantitative estimate of drug-likeness (QED) is 0.0211. The largest absolute Gasteiger partial charge is 0.472 e. The van der Waals surface area contributed by atoms with Crippen molar-refractivity contribution in [2.24, 2.45) is 0 Å². The van der Waals surface area contributed by atoms with E-state index in [1.165, 1.54) is 109 Å². The molecule has 0 aromatic carbocycles. The Balaban J connectivity index is 4.14. The van der Waals surface area contributed by atoms with Gasteiger partial charge in [0.25, 0.3) is 0 Å². The van der Waals surface area contributed by atoms with E-state index in [1.807, 2.05) is 21.1 Å². The number of unbranched alkanes of at least 4 members (excludes halogenated alkanes) is 24. The highest BCUT2D eigenvalue weighted by atomic mass is 31.2. The lowest BCUT2D eigenvalue weighted by molar-refractivity contribution is -0.870. The van der Waals surface area contributed by atoms with Gasteiger partial charge in [-0.1, -0.05) is 209 Å². The second-order valence-electron chi connectivity index (χ2n) is 19.6. The molecule has 0 heterocycles. The Morgan fingerprint density at radius 1 is 0.471 bits per heavy atom. The van der Waals surface area contributed by atoms with Gasteiger partial charge in [0.15, 0.2) is 6.10 Å². The average molecular weight is 975 g/mol. The molecule has 0 amide bonds. The summed E-state index contributed by atoms with van der Waals surface area (Å²) < 4.78 is 34.5. The Labute approximate surface area is 418 Å². The first-order chi connectivity index (χ1) is 33.0. The van der Waals surface area contributed by atoms with Crippen molar-refractivity contribution in [1.82, 2.24) is 0 Å². The number of phosphoric ester groups is 1. The molecule has 0 saturated carbocycles. The molecule has 0 aliphatic carbocycles. The van der Waals surface area contributed by atoms with Crippen molar-refractivity contribution >= 4 is 19.8 Å². The van der Waals surface area contributed by atoms with E-state index in [0.717, 1.165) is 83.5 Å². The standard InChI is InChI=1S/C58H104NO8P/c1-6-8-10-12-14-16-18-20-22-23-24-25-26-27-28-29-30-31-32-33-34-35-37-39-41-43-45-47-49-51-58(61)67-56(55-66-68(62,63)65-53-52-59(3,4)5)54-64-57(60)50-48-46-44-42-40-38-36-21-19-17-15-13-11-9-7-2/h9,11,15,17-18,20-21,23-24,26-27,36,56H,6-8,10,12-14,16,19,22,25,28-35,37-55H2,1-5H3/p+1/b11-9-,17-15-,20-18-,24-23-,27-26-,36-21-. The van der Waals surface area contributed by atoms with Crippen molar-refractivity contribution in [1.29, 1.82) is 0 Å². The summed E-state index contributed by atoms with van der Waals surface area (Å²) in [5.74, 6) is -0.818. The van der Waals surface area contributed by atoms with Gasteiger partial charge in [-0.2, -0.15) is 0 Å². The van der Waals surface area contributed by atoms with Crippen LogP contribution in [0.25, 0.3) is 0 Å². The number of carbonyl (C=O) groups excluding carboxylic acids is 2. The Morgan fingerprint density at radius 2 is 0.838 bits per heavy atom. The molecule has 10 heteroatoms. The van der Waals surface area contributed by atoms with Crippen LogP contribution in [0.15, 0.2) is 72.9 Å². The summed E-state index contributed by atoms with van der Waals surface area (Å²) in [6.45, 7) is 4.29. The normalized spacial score (nSPS) is 13.9. The van der Waals surface area contributed by atoms with E-state index < -0.39 is 26.5 Å². The highest BCUT2D eigenvalue weighted by molar-refractivity contribution is 7.47. The first kappa shape index (κ1) is 65.5. The Kier molecular flexibility index (Phi) is 47.6. The van der Waals surface area contributed by atoms with Crippen molar-refractivity contribution in [3.05, 3.63) is 72.9 Å². The van der Waals surface area contributed by atoms with Crippen LogP contribution >= 0.6 is 7.82 Å². The molecule has 0 aliphatic heterocycles. The van der Waals surface area contributed by atoms with Crippen molar-refractivity contribution in [2.75, 3.05) is 47.5 Å². The fraction of sp³-hybridized carbons (Fsp3) is 0.759. The molecule has 0 bridgehead atoms. The van der Waals surface area contributed by atoms with Gasteiger partial charge >= 0.3 is 19.8 Å². The molecule has 0 spiro atoms. The number of esters is 2. The van der Waals surface area contributed by atoms with Crippen LogP contribution in [0.4, 0.5) is 0 Å². The van der Waals surface area contributed by atoms with Gasteiger partial charge in [0.2, 0.25) is 0 Å². The van der Waals surface area contributed by atoms with E-state index in [0.29, 0.717) is 23.9 Å². The molecule has 0 aromatic rings. The van der Waals surface area contributed by atoms with Crippen molar-refractivity contribution < 1.29 is 42.1 Å². The zero-order valence-corrected chi connectivity index (χ0v) is 45.5. The predicted octanol–water partition coefficient (Wildman–Crippen LogP) is 16.9. The number of quaternary nitrogens is 1. The number of hydrogen-bond acceptors (Lipinski definition) is 7. The third kappa shape index (κ3) is 52.8. The van der Waals surface area contributed by atoms with Crippen molar-refractivity contribution in [3.8, 4) is 0 Å². The van der Waals surface area contributed by atoms with Crippen molar-refractivity contribution in [2.45, 2.75) is 238 Å². The highest BCUT2D eigenvalue weighted by Crippen LogP contribution is 2.43. The summed E-state index contributed by atoms with van der Waals surface area (Å²) in [7, 11) is 1.46. The van der Waals surface area contributed by atoms with E-state index in [2.05, 4.69) is 86.8 Å². The van der Waals surface area contributed by atoms with E-state index in [-0.39, 0.29) is 32.0 Å². The van der Waals surface area contributed by atoms with E-state index in [4.69, 9.17) is 18.5 Å². The molecule has 2 unspecified atom stereocenters. The van der Waals surface area contributed by atoms with Crippen LogP contribution in [0.2, 0.25) is 0 Å². The fourth-order valence-electron chi connectivity index (χ4n) is 7.45. The Hall–Kier alpha value is -2.55. The van der Waals surface area contributed by atoms with Crippen LogP contribution < -0.4 is 0 Å². The van der Waals surface area contributed by atoms with Crippen LogP contribution in [0.1, 0.15) is 232 Å². The van der Waals surface area contributed by atoms with Crippen LogP contribution in [0, 0.1) is 0 Å². The maximum Gasteiger partial charge on any atom is 0.472 e. The number of carbonyl (C=O) groups is 2. The minimum atomic E-state index is -4.39. The number of nitrogens with zero attached hydrogens (tertiary/aromatic N) is 1. The van der Waals surface area contributed by atoms with Gasteiger partial charge in [-0.25, -0.2) is 4.57 Å². The molecule has 0 aliphatic rings. The summed E-state index contributed by atoms with van der Waals surface area (Å²) >= 11 is 0. The molecular formula is C58H105NO8P+. The van der Waals surface area contributed by atoms with E-state index in [1.54, 1.807) is 0 Å². The number of allylic oxidation sites excluding steroid dienone is 12. The monoisotopic (exact) mass is 975 g/mol. The predicted molar refractivity (Wildman–Crippen MR) is 289 cm³/mol. The second-order valence-corrected chi connectivity index (χ2v) is 21.0. The van der Waals surface area contributed by atoms with Crippen LogP contribution in [-0.2, 0) is 32.7 Å². The minimum absolute atomic E-state index is 0.0261. The molecule has 9 nitrogen and oxygen atoms in total. The molecule has 2 atom stereocenters. The number of ether oxygens (including phenoxy) is 2. The Bertz CT molecular complexity index is 1380. The molecule has 0 radical (unpaired) electrons. The molecule has 0 fully saturated rings. The van der Waals surface area contributed by atoms with Crippen LogP contribution in [0.3, 0.4) is 0 Å². The topological polar surface area (TPSA) is 108 Å². The Morgan fingerprint density at radius 3 is 1.25 bits per heavy atom. The molecule has 68 heavy (non-hydrogen) atoms. The molecule has 0 aromatic heterocycles. The van der Waals surface area contributed by atoms with Gasteiger partial charge in [0.05, 0.1) is 27.7 Å². The lowest BCUT2D eigenvalue weighted by Gasteiger charge is -2.24. The highest BCUT2D eigenvalue weighted by Gasteiger charge is 2.27. The van der Waals surface area contributed by atoms with Crippen LogP contribution in [-0.4, -0.2) is 74.9 Å². The van der Waals surface area contributed by atoms with Gasteiger partial charge in [-0.05, 0) is 83.5 Å². The average Bonchev–Trinajstić information content (AvgIpc) is 3.30. The minimum Gasteiger partial charge on any atom is -0.462 e. The molecule has 0 saturated heterocycles. The first-order valence-electron chi connectivity index (χ1n) is 27.7. The van der Waals surface area contributed by atoms with Crippen molar-refractivity contribution in [3.63, 3.8) is 0 Å². The SMILES string of the molecule is CC/C=C\C/C=C\C/C=C\CCCCCCCC(=O)OCC(COP(=O)(O)OCC[N+](C)(C)C)OC(=O)CCCCCCCCCCCCCCCC/C=C\C/C=C\C/C=C\CCCCCCC. The maximum atomic E-state index is 12.8. The molecule has 394 valence electrons. The fourth-order valence-corrected chi connectivity index (χ4v) is 8.19. The van der Waals surface area contributed by atoms with Gasteiger partial charge in [0, 0.05) is 12.8 Å². The summed E-state index contributed by atoms with van der Waals surface area (Å²) in [6, 6.07) is 0. The maximum absolute atomic E-state index is 12.8. The lowest BCUT2D eigenvalue weighted by Crippen LogP contribution is -2.37. The first-order valence-corrected chi connectivity index (χ1v) is 29.2. The zero-order chi connectivity index (χ0) is 49.9. The number of phosphoric acid groups is 1. The zero-order valence-electron chi connectivity index (χ0n) is 44.6. The second kappa shape index (κ2) is 49.4. The number of likely N-dealkylation sites (N-methyl/N-ethyl adjacent to an activating group) is 1. The number of rotatable bonds is 50. The molecule has 0 rings (SSSR count). The summed E-state index contributed by atoms with van der Waals surface area (Å²) in [6.07, 6.45) is 64.0. The smallest absolute Gasteiger partial charge is 0.462 e.